The van der Waals surface area contributed by atoms with Gasteiger partial charge in [0.15, 0.2) is 0 Å². The molecule has 0 aromatic heterocycles. The number of rotatable bonds is 0. The molecule has 0 saturated carbocycles. The summed E-state index contributed by atoms with van der Waals surface area (Å²) in [6.07, 6.45) is -4.55. The Kier molecular flexibility index (Phi) is 2.43. The molecule has 1 aromatic carbocycles. The van der Waals surface area contributed by atoms with E-state index in [4.69, 9.17) is 5.26 Å². The Morgan fingerprint density at radius 1 is 1.31 bits per heavy atom. The predicted molar refractivity (Wildman–Crippen MR) is 42.0 cm³/mol. The van der Waals surface area contributed by atoms with Crippen LogP contribution < -0.4 is 0 Å². The van der Waals surface area contributed by atoms with Crippen molar-refractivity contribution in [3.63, 3.8) is 0 Å². The van der Waals surface area contributed by atoms with Crippen molar-refractivity contribution in [1.29, 1.82) is 5.26 Å². The molecule has 0 fully saturated rings. The van der Waals surface area contributed by atoms with Gasteiger partial charge < -0.3 is 0 Å². The van der Waals surface area contributed by atoms with Crippen LogP contribution in [0.2, 0.25) is 0 Å². The summed E-state index contributed by atoms with van der Waals surface area (Å²) in [5.74, 6) is 0. The summed E-state index contributed by atoms with van der Waals surface area (Å²) in [5.41, 5.74) is -1.45. The molecule has 13 heavy (non-hydrogen) atoms. The highest BCUT2D eigenvalue weighted by molar-refractivity contribution is 7.80. The van der Waals surface area contributed by atoms with E-state index in [2.05, 4.69) is 12.6 Å². The minimum absolute atomic E-state index is 0.341. The first-order valence-electron chi connectivity index (χ1n) is 3.24. The standard InChI is InChI=1S/C8H3F3NS/c9-8(10,11)7-5(4-12)2-1-3-6(7)13/h1-3H. The first kappa shape index (κ1) is 9.81. The Hall–Kier alpha value is -1.28. The van der Waals surface area contributed by atoms with Crippen molar-refractivity contribution >= 4 is 12.6 Å². The Bertz CT molecular complexity index is 365. The lowest BCUT2D eigenvalue weighted by Crippen LogP contribution is -2.08. The van der Waals surface area contributed by atoms with Crippen molar-refractivity contribution in [3.8, 4) is 6.07 Å². The third-order valence-corrected chi connectivity index (χ3v) is 1.77. The Balaban J connectivity index is 3.43. The molecular weight excluding hydrogens is 199 g/mol. The van der Waals surface area contributed by atoms with E-state index in [0.29, 0.717) is 0 Å². The SMILES string of the molecule is N#Cc1cccc([S])c1C(F)(F)F. The van der Waals surface area contributed by atoms with Crippen LogP contribution in [0.4, 0.5) is 13.2 Å². The molecule has 0 saturated heterocycles. The first-order valence-corrected chi connectivity index (χ1v) is 3.65. The Morgan fingerprint density at radius 2 is 1.92 bits per heavy atom. The lowest BCUT2D eigenvalue weighted by Gasteiger charge is -2.09. The Labute approximate surface area is 78.2 Å². The zero-order valence-corrected chi connectivity index (χ0v) is 7.04. The van der Waals surface area contributed by atoms with Crippen LogP contribution in [-0.2, 0) is 6.18 Å². The number of alkyl halides is 3. The fraction of sp³-hybridized carbons (Fsp3) is 0.125. The molecule has 1 radical (unpaired) electrons. The molecule has 0 amide bonds. The number of halogens is 3. The zero-order valence-electron chi connectivity index (χ0n) is 6.22. The van der Waals surface area contributed by atoms with Crippen LogP contribution >= 0.6 is 12.6 Å². The minimum Gasteiger partial charge on any atom is -0.192 e. The van der Waals surface area contributed by atoms with Crippen molar-refractivity contribution in [1.82, 2.24) is 0 Å². The molecule has 1 rings (SSSR count). The fourth-order valence-corrected chi connectivity index (χ4v) is 1.22. The molecule has 1 aromatic rings. The van der Waals surface area contributed by atoms with Crippen LogP contribution in [0.15, 0.2) is 23.1 Å². The van der Waals surface area contributed by atoms with Gasteiger partial charge in [-0.15, -0.1) is 0 Å². The van der Waals surface area contributed by atoms with E-state index in [1.54, 1.807) is 0 Å². The largest absolute Gasteiger partial charge is 0.419 e. The third-order valence-electron chi connectivity index (χ3n) is 1.43. The summed E-state index contributed by atoms with van der Waals surface area (Å²) >= 11 is 4.48. The quantitative estimate of drug-likeness (QED) is 0.634. The van der Waals surface area contributed by atoms with Crippen LogP contribution in [0.5, 0.6) is 0 Å². The normalized spacial score (nSPS) is 10.9. The van der Waals surface area contributed by atoms with Crippen LogP contribution in [0.1, 0.15) is 11.1 Å². The number of hydrogen-bond donors (Lipinski definition) is 0. The molecule has 0 atom stereocenters. The van der Waals surface area contributed by atoms with Crippen molar-refractivity contribution in [2.24, 2.45) is 0 Å². The molecular formula is C8H3F3NS. The van der Waals surface area contributed by atoms with E-state index in [1.165, 1.54) is 12.1 Å². The fourth-order valence-electron chi connectivity index (χ4n) is 0.917. The third kappa shape index (κ3) is 1.90. The molecule has 0 spiro atoms. The van der Waals surface area contributed by atoms with Crippen LogP contribution in [0.3, 0.4) is 0 Å². The zero-order chi connectivity index (χ0) is 10.1. The molecule has 5 heteroatoms. The lowest BCUT2D eigenvalue weighted by molar-refractivity contribution is -0.139. The highest BCUT2D eigenvalue weighted by Gasteiger charge is 2.35. The number of benzene rings is 1. The maximum absolute atomic E-state index is 12.3. The second-order valence-corrected chi connectivity index (χ2v) is 2.73. The smallest absolute Gasteiger partial charge is 0.192 e. The van der Waals surface area contributed by atoms with Crippen LogP contribution in [0.25, 0.3) is 0 Å². The monoisotopic (exact) mass is 202 g/mol. The van der Waals surface area contributed by atoms with Gasteiger partial charge >= 0.3 is 6.18 Å². The average molecular weight is 202 g/mol. The van der Waals surface area contributed by atoms with E-state index >= 15 is 0 Å². The van der Waals surface area contributed by atoms with Crippen molar-refractivity contribution in [2.75, 3.05) is 0 Å². The highest BCUT2D eigenvalue weighted by atomic mass is 32.1. The van der Waals surface area contributed by atoms with E-state index in [0.717, 1.165) is 12.1 Å². The molecule has 0 aliphatic heterocycles. The molecule has 0 heterocycles. The number of nitrogens with zero attached hydrogens (tertiary/aromatic N) is 1. The Morgan fingerprint density at radius 3 is 2.31 bits per heavy atom. The second kappa shape index (κ2) is 3.23. The van der Waals surface area contributed by atoms with Gasteiger partial charge in [-0.05, 0) is 12.1 Å². The van der Waals surface area contributed by atoms with Crippen molar-refractivity contribution in [2.45, 2.75) is 11.1 Å². The second-order valence-electron chi connectivity index (χ2n) is 2.29. The number of nitriles is 1. The average Bonchev–Trinajstić information content (AvgIpc) is 2.01. The maximum atomic E-state index is 12.3. The first-order chi connectivity index (χ1) is 5.96. The van der Waals surface area contributed by atoms with Crippen molar-refractivity contribution in [3.05, 3.63) is 29.3 Å². The molecule has 67 valence electrons. The summed E-state index contributed by atoms with van der Waals surface area (Å²) in [4.78, 5) is -0.341. The molecule has 1 nitrogen and oxygen atoms in total. The van der Waals surface area contributed by atoms with Gasteiger partial charge in [0.1, 0.15) is 0 Å². The highest BCUT2D eigenvalue weighted by Crippen LogP contribution is 2.35. The summed E-state index contributed by atoms with van der Waals surface area (Å²) in [5, 5.41) is 8.41. The van der Waals surface area contributed by atoms with Gasteiger partial charge in [0.25, 0.3) is 0 Å². The number of hydrogen-bond acceptors (Lipinski definition) is 1. The van der Waals surface area contributed by atoms with Gasteiger partial charge in [0, 0.05) is 0 Å². The summed E-state index contributed by atoms with van der Waals surface area (Å²) < 4.78 is 36.8. The van der Waals surface area contributed by atoms with Gasteiger partial charge in [0.05, 0.1) is 22.1 Å². The molecule has 0 bridgehead atoms. The molecule has 0 N–H and O–H groups in total. The molecule has 0 unspecified atom stereocenters. The van der Waals surface area contributed by atoms with E-state index in [9.17, 15) is 13.2 Å². The van der Waals surface area contributed by atoms with Gasteiger partial charge in [-0.3, -0.25) is 0 Å². The molecule has 0 aliphatic carbocycles. The van der Waals surface area contributed by atoms with Crippen molar-refractivity contribution < 1.29 is 13.2 Å². The van der Waals surface area contributed by atoms with Crippen LogP contribution in [-0.4, -0.2) is 0 Å². The van der Waals surface area contributed by atoms with Gasteiger partial charge in [0.2, 0.25) is 0 Å². The molecule has 0 aliphatic rings. The minimum atomic E-state index is -4.55. The predicted octanol–water partition coefficient (Wildman–Crippen LogP) is 3.13. The van der Waals surface area contributed by atoms with E-state index in [-0.39, 0.29) is 4.90 Å². The van der Waals surface area contributed by atoms with Gasteiger partial charge in [-0.2, -0.15) is 18.4 Å². The maximum Gasteiger partial charge on any atom is 0.419 e. The topological polar surface area (TPSA) is 23.8 Å². The van der Waals surface area contributed by atoms with E-state index < -0.39 is 17.3 Å². The summed E-state index contributed by atoms with van der Waals surface area (Å²) in [6.45, 7) is 0. The lowest BCUT2D eigenvalue weighted by atomic mass is 10.1. The van der Waals surface area contributed by atoms with Gasteiger partial charge in [-0.1, -0.05) is 18.7 Å². The summed E-state index contributed by atoms with van der Waals surface area (Å²) in [6, 6.07) is 5.03. The summed E-state index contributed by atoms with van der Waals surface area (Å²) in [7, 11) is 0. The van der Waals surface area contributed by atoms with Crippen LogP contribution in [0, 0.1) is 11.3 Å². The van der Waals surface area contributed by atoms with E-state index in [1.807, 2.05) is 0 Å². The van der Waals surface area contributed by atoms with Gasteiger partial charge in [-0.25, -0.2) is 0 Å².